The molecule has 0 saturated heterocycles. The minimum Gasteiger partial charge on any atom is -0.364 e. The third-order valence-electron chi connectivity index (χ3n) is 2.53. The van der Waals surface area contributed by atoms with Crippen LogP contribution in [0.5, 0.6) is 0 Å². The Morgan fingerprint density at radius 2 is 2.50 bits per heavy atom. The second-order valence-corrected chi connectivity index (χ2v) is 3.93. The number of nitrogens with one attached hydrogen (secondary N) is 1. The van der Waals surface area contributed by atoms with Crippen molar-refractivity contribution in [2.24, 2.45) is 5.73 Å². The molecular formula is C9H13ClN2. The Balaban J connectivity index is 2.34. The van der Waals surface area contributed by atoms with Gasteiger partial charge in [0.15, 0.2) is 0 Å². The fraction of sp³-hybridized carbons (Fsp3) is 0.556. The van der Waals surface area contributed by atoms with Crippen molar-refractivity contribution in [3.8, 4) is 0 Å². The fourth-order valence-corrected chi connectivity index (χ4v) is 2.09. The highest BCUT2D eigenvalue weighted by Crippen LogP contribution is 2.26. The van der Waals surface area contributed by atoms with E-state index < -0.39 is 0 Å². The summed E-state index contributed by atoms with van der Waals surface area (Å²) in [5.74, 6) is 0. The molecule has 0 aromatic carbocycles. The summed E-state index contributed by atoms with van der Waals surface area (Å²) in [6, 6.07) is 0. The Bertz CT molecular complexity index is 267. The lowest BCUT2D eigenvalue weighted by Gasteiger charge is -2.17. The summed E-state index contributed by atoms with van der Waals surface area (Å²) < 4.78 is 0. The summed E-state index contributed by atoms with van der Waals surface area (Å²) in [6.07, 6.45) is 5.15. The Hall–Kier alpha value is -0.470. The van der Waals surface area contributed by atoms with E-state index in [1.54, 1.807) is 0 Å². The smallest absolute Gasteiger partial charge is 0.0380 e. The van der Waals surface area contributed by atoms with Crippen molar-refractivity contribution in [1.82, 2.24) is 4.98 Å². The van der Waals surface area contributed by atoms with Crippen molar-refractivity contribution in [1.29, 1.82) is 0 Å². The number of aromatic amines is 1. The molecule has 3 N–H and O–H groups in total. The summed E-state index contributed by atoms with van der Waals surface area (Å²) in [6.45, 7) is 0.620. The van der Waals surface area contributed by atoms with E-state index in [9.17, 15) is 0 Å². The lowest BCUT2D eigenvalue weighted by atomic mass is 9.95. The number of alkyl halides is 1. The van der Waals surface area contributed by atoms with Crippen LogP contribution in [0.4, 0.5) is 0 Å². The van der Waals surface area contributed by atoms with Crippen molar-refractivity contribution in [2.45, 2.75) is 31.2 Å². The monoisotopic (exact) mass is 184 g/mol. The largest absolute Gasteiger partial charge is 0.364 e. The maximum Gasteiger partial charge on any atom is 0.0380 e. The average molecular weight is 185 g/mol. The van der Waals surface area contributed by atoms with Crippen LogP contribution in [0.15, 0.2) is 6.20 Å². The molecule has 0 unspecified atom stereocenters. The van der Waals surface area contributed by atoms with Gasteiger partial charge in [0.2, 0.25) is 0 Å². The van der Waals surface area contributed by atoms with Gasteiger partial charge < -0.3 is 10.7 Å². The number of fused-ring (bicyclic) bond motifs is 1. The molecule has 2 nitrogen and oxygen atoms in total. The van der Waals surface area contributed by atoms with Gasteiger partial charge in [0, 0.05) is 23.8 Å². The molecule has 0 amide bonds. The molecule has 1 aliphatic carbocycles. The molecule has 0 fully saturated rings. The zero-order chi connectivity index (χ0) is 8.55. The van der Waals surface area contributed by atoms with Crippen molar-refractivity contribution >= 4 is 11.6 Å². The third-order valence-corrected chi connectivity index (χ3v) is 2.90. The minimum absolute atomic E-state index is 0.304. The first-order valence-corrected chi connectivity index (χ1v) is 4.77. The number of aryl methyl sites for hydroxylation is 1. The summed E-state index contributed by atoms with van der Waals surface area (Å²) in [5, 5.41) is 0.304. The molecule has 3 heteroatoms. The van der Waals surface area contributed by atoms with Crippen molar-refractivity contribution in [3.63, 3.8) is 0 Å². The first-order chi connectivity index (χ1) is 5.81. The molecule has 1 atom stereocenters. The van der Waals surface area contributed by atoms with Crippen LogP contribution in [-0.4, -0.2) is 10.4 Å². The minimum atomic E-state index is 0.304. The van der Waals surface area contributed by atoms with E-state index in [-0.39, 0.29) is 0 Å². The third kappa shape index (κ3) is 1.25. The van der Waals surface area contributed by atoms with Crippen molar-refractivity contribution < 1.29 is 0 Å². The van der Waals surface area contributed by atoms with Crippen LogP contribution in [0.1, 0.15) is 23.2 Å². The van der Waals surface area contributed by atoms with Crippen LogP contribution in [0.2, 0.25) is 0 Å². The zero-order valence-electron chi connectivity index (χ0n) is 6.94. The molecule has 1 aromatic heterocycles. The molecule has 12 heavy (non-hydrogen) atoms. The molecule has 1 aromatic rings. The van der Waals surface area contributed by atoms with E-state index in [1.165, 1.54) is 16.8 Å². The first-order valence-electron chi connectivity index (χ1n) is 4.33. The second-order valence-electron chi connectivity index (χ2n) is 3.32. The van der Waals surface area contributed by atoms with E-state index in [4.69, 9.17) is 17.3 Å². The molecule has 1 heterocycles. The topological polar surface area (TPSA) is 41.8 Å². The highest BCUT2D eigenvalue weighted by atomic mass is 35.5. The molecule has 0 bridgehead atoms. The first kappa shape index (κ1) is 8.14. The average Bonchev–Trinajstić information content (AvgIpc) is 2.46. The van der Waals surface area contributed by atoms with Crippen molar-refractivity contribution in [3.05, 3.63) is 23.0 Å². The van der Waals surface area contributed by atoms with Gasteiger partial charge in [-0.3, -0.25) is 0 Å². The van der Waals surface area contributed by atoms with Crippen LogP contribution in [0.25, 0.3) is 0 Å². The van der Waals surface area contributed by atoms with Crippen molar-refractivity contribution in [2.75, 3.05) is 0 Å². The standard InChI is InChI=1S/C9H13ClN2/c10-7-1-2-9-8(3-7)6(4-11)5-12-9/h5,7,12H,1-4,11H2/t7-/m1/s1. The molecule has 0 saturated carbocycles. The second kappa shape index (κ2) is 3.11. The zero-order valence-corrected chi connectivity index (χ0v) is 7.69. The Kier molecular flexibility index (Phi) is 2.11. The number of aromatic nitrogens is 1. The molecule has 66 valence electrons. The predicted octanol–water partition coefficient (Wildman–Crippen LogP) is 1.57. The Morgan fingerprint density at radius 3 is 3.25 bits per heavy atom. The normalized spacial score (nSPS) is 22.3. The highest BCUT2D eigenvalue weighted by Gasteiger charge is 2.19. The summed E-state index contributed by atoms with van der Waals surface area (Å²) in [4.78, 5) is 3.26. The van der Waals surface area contributed by atoms with E-state index in [1.807, 2.05) is 6.20 Å². The van der Waals surface area contributed by atoms with Gasteiger partial charge in [-0.05, 0) is 30.4 Å². The van der Waals surface area contributed by atoms with E-state index >= 15 is 0 Å². The van der Waals surface area contributed by atoms with E-state index in [2.05, 4.69) is 4.98 Å². The molecular weight excluding hydrogens is 172 g/mol. The summed E-state index contributed by atoms with van der Waals surface area (Å²) in [5.41, 5.74) is 9.54. The lowest BCUT2D eigenvalue weighted by molar-refractivity contribution is 0.681. The maximum absolute atomic E-state index is 6.08. The van der Waals surface area contributed by atoms with Gasteiger partial charge in [0.1, 0.15) is 0 Å². The molecule has 0 spiro atoms. The van der Waals surface area contributed by atoms with Crippen LogP contribution < -0.4 is 5.73 Å². The lowest BCUT2D eigenvalue weighted by Crippen LogP contribution is -2.14. The van der Waals surface area contributed by atoms with Gasteiger partial charge in [-0.15, -0.1) is 11.6 Å². The van der Waals surface area contributed by atoms with Gasteiger partial charge in [-0.2, -0.15) is 0 Å². The molecule has 2 rings (SSSR count). The van der Waals surface area contributed by atoms with E-state index in [0.29, 0.717) is 11.9 Å². The maximum atomic E-state index is 6.08. The number of halogens is 1. The SMILES string of the molecule is NCc1c[nH]c2c1C[C@H](Cl)CC2. The van der Waals surface area contributed by atoms with Gasteiger partial charge in [0.05, 0.1) is 0 Å². The number of rotatable bonds is 1. The summed E-state index contributed by atoms with van der Waals surface area (Å²) >= 11 is 6.08. The number of nitrogens with two attached hydrogens (primary N) is 1. The molecule has 0 aliphatic heterocycles. The van der Waals surface area contributed by atoms with Crippen LogP contribution in [-0.2, 0) is 19.4 Å². The van der Waals surface area contributed by atoms with Crippen LogP contribution in [0, 0.1) is 0 Å². The Morgan fingerprint density at radius 1 is 1.67 bits per heavy atom. The van der Waals surface area contributed by atoms with Crippen LogP contribution in [0.3, 0.4) is 0 Å². The van der Waals surface area contributed by atoms with E-state index in [0.717, 1.165) is 19.3 Å². The highest BCUT2D eigenvalue weighted by molar-refractivity contribution is 6.20. The predicted molar refractivity (Wildman–Crippen MR) is 50.4 cm³/mol. The Labute approximate surface area is 77.1 Å². The molecule has 0 radical (unpaired) electrons. The number of hydrogen-bond acceptors (Lipinski definition) is 1. The number of H-pyrrole nitrogens is 1. The van der Waals surface area contributed by atoms with Gasteiger partial charge in [-0.1, -0.05) is 0 Å². The fourth-order valence-electron chi connectivity index (χ4n) is 1.83. The van der Waals surface area contributed by atoms with Gasteiger partial charge in [0.25, 0.3) is 0 Å². The molecule has 1 aliphatic rings. The summed E-state index contributed by atoms with van der Waals surface area (Å²) in [7, 11) is 0. The van der Waals surface area contributed by atoms with Gasteiger partial charge >= 0.3 is 0 Å². The quantitative estimate of drug-likeness (QED) is 0.640. The number of hydrogen-bond donors (Lipinski definition) is 2. The van der Waals surface area contributed by atoms with Crippen LogP contribution >= 0.6 is 11.6 Å². The van der Waals surface area contributed by atoms with Gasteiger partial charge in [-0.25, -0.2) is 0 Å².